The summed E-state index contributed by atoms with van der Waals surface area (Å²) in [5.74, 6) is -1.37. The third-order valence-corrected chi connectivity index (χ3v) is 0.523. The van der Waals surface area contributed by atoms with Crippen LogP contribution in [0.25, 0.3) is 0 Å². The highest BCUT2D eigenvalue weighted by molar-refractivity contribution is 7.78. The Morgan fingerprint density at radius 2 is 2.00 bits per heavy atom. The first-order chi connectivity index (χ1) is 5.04. The molecule has 0 aromatic rings. The van der Waals surface area contributed by atoms with Crippen LogP contribution >= 0.6 is 12.8 Å². The summed E-state index contributed by atoms with van der Waals surface area (Å²) in [6.07, 6.45) is 0.809. The van der Waals surface area contributed by atoms with E-state index >= 15 is 0 Å². The second kappa shape index (κ2) is 8.87. The number of isocyanates is 1. The molecule has 0 aliphatic heterocycles. The lowest BCUT2D eigenvalue weighted by molar-refractivity contribution is -0.139. The minimum Gasteiger partial charge on any atom is -0.481 e. The zero-order valence-corrected chi connectivity index (χ0v) is 6.67. The summed E-state index contributed by atoms with van der Waals surface area (Å²) < 4.78 is 2.62. The molecule has 0 aromatic heterocycles. The predicted molar refractivity (Wildman–Crippen MR) is 40.0 cm³/mol. The van der Waals surface area contributed by atoms with Gasteiger partial charge in [0.2, 0.25) is 6.08 Å². The molecule has 0 heterocycles. The molecule has 0 fully saturated rings. The van der Waals surface area contributed by atoms with Crippen LogP contribution in [0.1, 0.15) is 13.3 Å². The number of ketones is 1. The minimum atomic E-state index is -1.06. The molecule has 0 spiro atoms. The molecule has 0 saturated carbocycles. The summed E-state index contributed by atoms with van der Waals surface area (Å²) in [6, 6.07) is 0. The van der Waals surface area contributed by atoms with Crippen LogP contribution in [0.4, 0.5) is 0 Å². The molecule has 62 valence electrons. The average molecular weight is 177 g/mol. The van der Waals surface area contributed by atoms with Crippen molar-refractivity contribution in [1.29, 1.82) is 0 Å². The van der Waals surface area contributed by atoms with Gasteiger partial charge in [-0.2, -0.15) is 0 Å². The maximum Gasteiger partial charge on any atom is 0.310 e. The molecule has 0 atom stereocenters. The molecule has 0 aliphatic carbocycles. The Labute approximate surface area is 68.7 Å². The van der Waals surface area contributed by atoms with E-state index < -0.39 is 5.97 Å². The molecule has 6 heteroatoms. The summed E-state index contributed by atoms with van der Waals surface area (Å²) in [5, 5.41) is 7.86. The fraction of sp³-hybridized carbons (Fsp3) is 0.400. The quantitative estimate of drug-likeness (QED) is 0.273. The van der Waals surface area contributed by atoms with E-state index in [1.807, 2.05) is 0 Å². The van der Waals surface area contributed by atoms with Crippen LogP contribution in [0.3, 0.4) is 0 Å². The molecule has 0 amide bonds. The number of Topliss-reactive ketones (excluding diaryl/α,β-unsaturated/α-hetero) is 1. The first kappa shape index (κ1) is 12.5. The van der Waals surface area contributed by atoms with Crippen molar-refractivity contribution >= 4 is 30.6 Å². The number of hydrogen-bond acceptors (Lipinski definition) is 5. The van der Waals surface area contributed by atoms with Gasteiger partial charge in [-0.3, -0.25) is 9.59 Å². The highest BCUT2D eigenvalue weighted by Gasteiger charge is 1.98. The van der Waals surface area contributed by atoms with Crippen molar-refractivity contribution in [3.05, 3.63) is 0 Å². The minimum absolute atomic E-state index is 0.312. The van der Waals surface area contributed by atoms with E-state index in [-0.39, 0.29) is 12.2 Å². The van der Waals surface area contributed by atoms with Gasteiger partial charge in [0, 0.05) is 0 Å². The van der Waals surface area contributed by atoms with Gasteiger partial charge in [0.15, 0.2) is 0 Å². The molecule has 0 bridgehead atoms. The van der Waals surface area contributed by atoms with Gasteiger partial charge in [-0.15, -0.1) is 4.40 Å². The Morgan fingerprint density at radius 3 is 2.00 bits per heavy atom. The summed E-state index contributed by atoms with van der Waals surface area (Å²) >= 11 is 3.12. The van der Waals surface area contributed by atoms with Crippen molar-refractivity contribution in [3.8, 4) is 0 Å². The molecule has 11 heavy (non-hydrogen) atoms. The second-order valence-corrected chi connectivity index (χ2v) is 1.66. The van der Waals surface area contributed by atoms with Crippen molar-refractivity contribution in [2.75, 3.05) is 0 Å². The third kappa shape index (κ3) is 28.0. The molecule has 0 saturated heterocycles. The van der Waals surface area contributed by atoms with Crippen LogP contribution < -0.4 is 0 Å². The summed E-state index contributed by atoms with van der Waals surface area (Å²) in [6.45, 7) is 1.24. The number of carboxylic acids is 1. The van der Waals surface area contributed by atoms with E-state index in [0.29, 0.717) is 0 Å². The molecule has 0 aromatic carbocycles. The SMILES string of the molecule is CC(=O)CC(=O)O.O=C=NS. The molecule has 0 radical (unpaired) electrons. The van der Waals surface area contributed by atoms with E-state index in [1.165, 1.54) is 13.0 Å². The highest BCUT2D eigenvalue weighted by atomic mass is 32.1. The van der Waals surface area contributed by atoms with Gasteiger partial charge in [-0.05, 0) is 19.7 Å². The Kier molecular flexibility index (Phi) is 10.1. The molecule has 0 unspecified atom stereocenters. The summed E-state index contributed by atoms with van der Waals surface area (Å²) in [5.41, 5.74) is 0. The summed E-state index contributed by atoms with van der Waals surface area (Å²) in [4.78, 5) is 28.3. The Balaban J connectivity index is 0. The van der Waals surface area contributed by atoms with Gasteiger partial charge in [0.1, 0.15) is 12.2 Å². The van der Waals surface area contributed by atoms with E-state index in [0.717, 1.165) is 0 Å². The van der Waals surface area contributed by atoms with Crippen LogP contribution in [-0.2, 0) is 14.4 Å². The topological polar surface area (TPSA) is 83.8 Å². The number of aliphatic carboxylic acids is 1. The fourth-order valence-corrected chi connectivity index (χ4v) is 0.213. The number of nitrogens with zero attached hydrogens (tertiary/aromatic N) is 1. The fourth-order valence-electron chi connectivity index (χ4n) is 0.213. The van der Waals surface area contributed by atoms with E-state index in [4.69, 9.17) is 9.90 Å². The zero-order chi connectivity index (χ0) is 9.28. The molecular formula is C5H7NO4S. The van der Waals surface area contributed by atoms with Crippen LogP contribution in [0.2, 0.25) is 0 Å². The Hall–Kier alpha value is -1.13. The number of carbonyl (C=O) groups is 2. The van der Waals surface area contributed by atoms with E-state index in [1.54, 1.807) is 0 Å². The van der Waals surface area contributed by atoms with E-state index in [2.05, 4.69) is 17.2 Å². The average Bonchev–Trinajstić information content (AvgIpc) is 1.85. The Bertz CT molecular complexity index is 173. The normalized spacial score (nSPS) is 6.73. The van der Waals surface area contributed by atoms with Gasteiger partial charge >= 0.3 is 5.97 Å². The molecular weight excluding hydrogens is 170 g/mol. The number of rotatable bonds is 2. The first-order valence-corrected chi connectivity index (χ1v) is 2.87. The number of thiol groups is 1. The van der Waals surface area contributed by atoms with Crippen molar-refractivity contribution in [2.24, 2.45) is 4.40 Å². The van der Waals surface area contributed by atoms with Crippen molar-refractivity contribution in [2.45, 2.75) is 13.3 Å². The van der Waals surface area contributed by atoms with Gasteiger partial charge in [0.25, 0.3) is 0 Å². The standard InChI is InChI=1S/C4H6O3.CHNOS/c1-3(5)2-4(6)7;3-1-2-4/h2H2,1H3,(H,6,7);4H. The monoisotopic (exact) mass is 177 g/mol. The lowest BCUT2D eigenvalue weighted by atomic mass is 10.3. The van der Waals surface area contributed by atoms with Gasteiger partial charge < -0.3 is 5.11 Å². The van der Waals surface area contributed by atoms with Gasteiger partial charge in [-0.1, -0.05) is 0 Å². The molecule has 0 rings (SSSR count). The third-order valence-electron chi connectivity index (χ3n) is 0.441. The molecule has 5 nitrogen and oxygen atoms in total. The predicted octanol–water partition coefficient (Wildman–Crippen LogP) is 0.217. The smallest absolute Gasteiger partial charge is 0.310 e. The van der Waals surface area contributed by atoms with Crippen molar-refractivity contribution in [3.63, 3.8) is 0 Å². The lowest BCUT2D eigenvalue weighted by Crippen LogP contribution is -2.00. The van der Waals surface area contributed by atoms with E-state index in [9.17, 15) is 9.59 Å². The molecule has 0 aliphatic rings. The molecule has 1 N–H and O–H groups in total. The maximum absolute atomic E-state index is 9.87. The van der Waals surface area contributed by atoms with Crippen LogP contribution in [-0.4, -0.2) is 22.9 Å². The number of carboxylic acid groups (broad SMARTS) is 1. The largest absolute Gasteiger partial charge is 0.481 e. The first-order valence-electron chi connectivity index (χ1n) is 2.47. The summed E-state index contributed by atoms with van der Waals surface area (Å²) in [7, 11) is 0. The van der Waals surface area contributed by atoms with Crippen LogP contribution in [0, 0.1) is 0 Å². The Morgan fingerprint density at radius 1 is 1.64 bits per heavy atom. The number of hydrogen-bond donors (Lipinski definition) is 2. The van der Waals surface area contributed by atoms with Gasteiger partial charge in [0.05, 0.1) is 0 Å². The van der Waals surface area contributed by atoms with Gasteiger partial charge in [-0.25, -0.2) is 4.79 Å². The maximum atomic E-state index is 9.87. The lowest BCUT2D eigenvalue weighted by Gasteiger charge is -1.80. The van der Waals surface area contributed by atoms with Crippen molar-refractivity contribution in [1.82, 2.24) is 0 Å². The van der Waals surface area contributed by atoms with Crippen LogP contribution in [0.15, 0.2) is 4.40 Å². The number of carbonyl (C=O) groups excluding carboxylic acids is 2. The highest BCUT2D eigenvalue weighted by Crippen LogP contribution is 1.77. The zero-order valence-electron chi connectivity index (χ0n) is 5.77. The van der Waals surface area contributed by atoms with Crippen LogP contribution in [0.5, 0.6) is 0 Å². The second-order valence-electron chi connectivity index (χ2n) is 1.46. The van der Waals surface area contributed by atoms with Crippen molar-refractivity contribution < 1.29 is 19.5 Å².